The lowest BCUT2D eigenvalue weighted by molar-refractivity contribution is 0.133. The number of nitrogens with zero attached hydrogens (tertiary/aromatic N) is 4. The minimum Gasteiger partial charge on any atom is -0.497 e. The van der Waals surface area contributed by atoms with Crippen LogP contribution in [0, 0.1) is 19.7 Å². The SMILES string of the molecule is CCCN(Cc1ccc(F)cc1)c1c2c(nc3c(-c4ccc(OC)cc4C)c(C)nn13)COC2. The normalized spacial score (nSPS) is 12.9. The summed E-state index contributed by atoms with van der Waals surface area (Å²) in [5, 5.41) is 4.98. The van der Waals surface area contributed by atoms with Crippen molar-refractivity contribution >= 4 is 11.5 Å². The van der Waals surface area contributed by atoms with Gasteiger partial charge in [-0.05, 0) is 61.2 Å². The van der Waals surface area contributed by atoms with E-state index < -0.39 is 0 Å². The number of aryl methyl sites for hydroxylation is 2. The molecular formula is C27H29FN4O2. The molecule has 0 amide bonds. The molecule has 34 heavy (non-hydrogen) atoms. The Morgan fingerprint density at radius 2 is 1.91 bits per heavy atom. The van der Waals surface area contributed by atoms with Gasteiger partial charge in [0.2, 0.25) is 0 Å². The van der Waals surface area contributed by atoms with Crippen molar-refractivity contribution in [2.75, 3.05) is 18.6 Å². The van der Waals surface area contributed by atoms with E-state index in [0.29, 0.717) is 19.8 Å². The number of methoxy groups -OCH3 is 1. The number of aromatic nitrogens is 3. The highest BCUT2D eigenvalue weighted by molar-refractivity contribution is 5.83. The summed E-state index contributed by atoms with van der Waals surface area (Å²) in [6.45, 7) is 8.74. The van der Waals surface area contributed by atoms with Gasteiger partial charge in [0.1, 0.15) is 17.4 Å². The Balaban J connectivity index is 1.70. The molecule has 0 N–H and O–H groups in total. The van der Waals surface area contributed by atoms with Crippen LogP contribution in [0.3, 0.4) is 0 Å². The molecule has 4 aromatic rings. The third kappa shape index (κ3) is 3.90. The summed E-state index contributed by atoms with van der Waals surface area (Å²) in [5.74, 6) is 1.60. The van der Waals surface area contributed by atoms with Crippen LogP contribution in [0.4, 0.5) is 10.2 Å². The minimum atomic E-state index is -0.228. The molecule has 0 saturated heterocycles. The lowest BCUT2D eigenvalue weighted by atomic mass is 10.0. The third-order valence-electron chi connectivity index (χ3n) is 6.36. The van der Waals surface area contributed by atoms with Crippen LogP contribution < -0.4 is 9.64 Å². The number of rotatable bonds is 7. The number of halogens is 1. The van der Waals surface area contributed by atoms with Gasteiger partial charge >= 0.3 is 0 Å². The van der Waals surface area contributed by atoms with Crippen LogP contribution in [0.1, 0.15) is 41.4 Å². The Labute approximate surface area is 199 Å². The van der Waals surface area contributed by atoms with Gasteiger partial charge in [-0.2, -0.15) is 9.61 Å². The van der Waals surface area contributed by atoms with E-state index in [4.69, 9.17) is 19.6 Å². The van der Waals surface area contributed by atoms with Crippen LogP contribution in [-0.4, -0.2) is 28.3 Å². The van der Waals surface area contributed by atoms with Gasteiger partial charge in [0, 0.05) is 24.2 Å². The van der Waals surface area contributed by atoms with E-state index in [9.17, 15) is 4.39 Å². The van der Waals surface area contributed by atoms with E-state index in [2.05, 4.69) is 24.8 Å². The second-order valence-electron chi connectivity index (χ2n) is 8.78. The highest BCUT2D eigenvalue weighted by Gasteiger charge is 2.28. The first-order valence-corrected chi connectivity index (χ1v) is 11.6. The molecule has 2 aromatic carbocycles. The summed E-state index contributed by atoms with van der Waals surface area (Å²) >= 11 is 0. The predicted molar refractivity (Wildman–Crippen MR) is 131 cm³/mol. The molecule has 7 heteroatoms. The number of anilines is 1. The zero-order chi connectivity index (χ0) is 23.8. The summed E-state index contributed by atoms with van der Waals surface area (Å²) in [7, 11) is 1.68. The van der Waals surface area contributed by atoms with Crippen LogP contribution in [0.2, 0.25) is 0 Å². The summed E-state index contributed by atoms with van der Waals surface area (Å²) in [4.78, 5) is 7.34. The van der Waals surface area contributed by atoms with Gasteiger partial charge in [-0.25, -0.2) is 9.37 Å². The van der Waals surface area contributed by atoms with Gasteiger partial charge in [-0.15, -0.1) is 0 Å². The topological polar surface area (TPSA) is 51.9 Å². The summed E-state index contributed by atoms with van der Waals surface area (Å²) in [5.41, 5.74) is 8.03. The summed E-state index contributed by atoms with van der Waals surface area (Å²) in [6.07, 6.45) is 0.964. The zero-order valence-electron chi connectivity index (χ0n) is 20.1. The lowest BCUT2D eigenvalue weighted by Crippen LogP contribution is -2.27. The van der Waals surface area contributed by atoms with Gasteiger partial charge in [0.15, 0.2) is 5.65 Å². The molecule has 3 heterocycles. The molecule has 1 aliphatic rings. The van der Waals surface area contributed by atoms with Crippen LogP contribution >= 0.6 is 0 Å². The van der Waals surface area contributed by atoms with Gasteiger partial charge in [-0.3, -0.25) is 0 Å². The van der Waals surface area contributed by atoms with Crippen molar-refractivity contribution in [2.45, 2.75) is 47.0 Å². The van der Waals surface area contributed by atoms with E-state index in [1.807, 2.05) is 35.7 Å². The number of hydrogen-bond acceptors (Lipinski definition) is 5. The maximum Gasteiger partial charge on any atom is 0.165 e. The molecule has 176 valence electrons. The summed E-state index contributed by atoms with van der Waals surface area (Å²) in [6, 6.07) is 12.8. The van der Waals surface area contributed by atoms with Crippen molar-refractivity contribution < 1.29 is 13.9 Å². The Bertz CT molecular complexity index is 1350. The molecule has 0 aliphatic carbocycles. The third-order valence-corrected chi connectivity index (χ3v) is 6.36. The molecule has 0 spiro atoms. The van der Waals surface area contributed by atoms with E-state index in [1.54, 1.807) is 7.11 Å². The van der Waals surface area contributed by atoms with Gasteiger partial charge in [-0.1, -0.05) is 25.1 Å². The van der Waals surface area contributed by atoms with E-state index in [1.165, 1.54) is 12.1 Å². The molecule has 0 bridgehead atoms. The van der Waals surface area contributed by atoms with Crippen molar-refractivity contribution in [3.05, 3.63) is 76.4 Å². The Morgan fingerprint density at radius 3 is 2.62 bits per heavy atom. The average Bonchev–Trinajstić information content (AvgIpc) is 3.42. The highest BCUT2D eigenvalue weighted by Crippen LogP contribution is 2.37. The van der Waals surface area contributed by atoms with Crippen molar-refractivity contribution in [1.82, 2.24) is 14.6 Å². The number of benzene rings is 2. The molecule has 0 atom stereocenters. The number of ether oxygens (including phenoxy) is 2. The molecule has 1 aliphatic heterocycles. The predicted octanol–water partition coefficient (Wildman–Crippen LogP) is 5.61. The van der Waals surface area contributed by atoms with Crippen LogP contribution in [-0.2, 0) is 24.5 Å². The van der Waals surface area contributed by atoms with Crippen molar-refractivity contribution in [2.24, 2.45) is 0 Å². The molecule has 2 aromatic heterocycles. The van der Waals surface area contributed by atoms with E-state index >= 15 is 0 Å². The number of fused-ring (bicyclic) bond motifs is 2. The Hall–Kier alpha value is -3.45. The van der Waals surface area contributed by atoms with Gasteiger partial charge in [0.25, 0.3) is 0 Å². The molecule has 6 nitrogen and oxygen atoms in total. The van der Waals surface area contributed by atoms with Crippen LogP contribution in [0.25, 0.3) is 16.8 Å². The first-order valence-electron chi connectivity index (χ1n) is 11.6. The molecule has 0 unspecified atom stereocenters. The first kappa shape index (κ1) is 22.3. The average molecular weight is 461 g/mol. The number of hydrogen-bond donors (Lipinski definition) is 0. The summed E-state index contributed by atoms with van der Waals surface area (Å²) < 4.78 is 26.7. The molecular weight excluding hydrogens is 431 g/mol. The fourth-order valence-corrected chi connectivity index (χ4v) is 4.76. The Kier molecular flexibility index (Phi) is 5.96. The zero-order valence-corrected chi connectivity index (χ0v) is 20.1. The smallest absolute Gasteiger partial charge is 0.165 e. The van der Waals surface area contributed by atoms with Crippen molar-refractivity contribution in [1.29, 1.82) is 0 Å². The first-order chi connectivity index (χ1) is 16.5. The molecule has 0 fully saturated rings. The highest BCUT2D eigenvalue weighted by atomic mass is 19.1. The van der Waals surface area contributed by atoms with Gasteiger partial charge in [0.05, 0.1) is 31.7 Å². The molecule has 0 radical (unpaired) electrons. The Morgan fingerprint density at radius 1 is 1.12 bits per heavy atom. The standard InChI is InChI=1S/C27H29FN4O2/c1-5-12-31(14-19-6-8-20(28)9-7-19)27-23-15-34-16-24(23)29-26-25(18(3)30-32(26)27)22-11-10-21(33-4)13-17(22)2/h6-11,13H,5,12,14-16H2,1-4H3. The fourth-order valence-electron chi connectivity index (χ4n) is 4.76. The fraction of sp³-hybridized carbons (Fsp3) is 0.333. The van der Waals surface area contributed by atoms with Crippen molar-refractivity contribution in [3.8, 4) is 16.9 Å². The van der Waals surface area contributed by atoms with Crippen LogP contribution in [0.5, 0.6) is 5.75 Å². The maximum atomic E-state index is 13.5. The minimum absolute atomic E-state index is 0.228. The van der Waals surface area contributed by atoms with E-state index in [0.717, 1.165) is 69.4 Å². The second-order valence-corrected chi connectivity index (χ2v) is 8.78. The quantitative estimate of drug-likeness (QED) is 0.359. The lowest BCUT2D eigenvalue weighted by Gasteiger charge is -2.27. The largest absolute Gasteiger partial charge is 0.497 e. The monoisotopic (exact) mass is 460 g/mol. The van der Waals surface area contributed by atoms with Crippen LogP contribution in [0.15, 0.2) is 42.5 Å². The second kappa shape index (κ2) is 9.06. The van der Waals surface area contributed by atoms with Gasteiger partial charge < -0.3 is 14.4 Å². The van der Waals surface area contributed by atoms with Crippen molar-refractivity contribution in [3.63, 3.8) is 0 Å². The molecule has 0 saturated carbocycles. The molecule has 5 rings (SSSR count). The van der Waals surface area contributed by atoms with E-state index in [-0.39, 0.29) is 5.82 Å². The maximum absolute atomic E-state index is 13.5.